The first-order valence-electron chi connectivity index (χ1n) is 8.28. The minimum atomic E-state index is -1.69. The Kier molecular flexibility index (Phi) is 6.43. The minimum Gasteiger partial charge on any atom is -0.508 e. The van der Waals surface area contributed by atoms with Crippen molar-refractivity contribution in [3.63, 3.8) is 0 Å². The van der Waals surface area contributed by atoms with Gasteiger partial charge >= 0.3 is 0 Å². The maximum atomic E-state index is 12.5. The smallest absolute Gasteiger partial charge is 0.229 e. The molecule has 0 saturated carbocycles. The van der Waals surface area contributed by atoms with Crippen molar-refractivity contribution in [2.24, 2.45) is 5.92 Å². The Balaban J connectivity index is 2.37. The van der Waals surface area contributed by atoms with Gasteiger partial charge in [0, 0.05) is 18.1 Å². The highest BCUT2D eigenvalue weighted by atomic mass is 16.7. The molecule has 1 saturated heterocycles. The zero-order valence-electron chi connectivity index (χ0n) is 14.4. The quantitative estimate of drug-likeness (QED) is 0.362. The lowest BCUT2D eigenvalue weighted by Crippen LogP contribution is -2.60. The first-order chi connectivity index (χ1) is 12.2. The minimum absolute atomic E-state index is 0.200. The number of hydrogen-bond donors (Lipinski definition) is 6. The number of Topliss-reactive ketones (excluding diaryl/α,β-unsaturated/α-hetero) is 1. The molecule has 0 unspecified atom stereocenters. The molecule has 9 heteroatoms. The summed E-state index contributed by atoms with van der Waals surface area (Å²) in [5.74, 6) is -2.03. The van der Waals surface area contributed by atoms with Gasteiger partial charge in [0.15, 0.2) is 5.78 Å². The van der Waals surface area contributed by atoms with Gasteiger partial charge in [0.05, 0.1) is 6.61 Å². The highest BCUT2D eigenvalue weighted by molar-refractivity contribution is 6.02. The zero-order chi connectivity index (χ0) is 19.6. The summed E-state index contributed by atoms with van der Waals surface area (Å²) in [7, 11) is 0. The highest BCUT2D eigenvalue weighted by Gasteiger charge is 2.45. The van der Waals surface area contributed by atoms with Crippen molar-refractivity contribution in [1.29, 1.82) is 0 Å². The lowest BCUT2D eigenvalue weighted by molar-refractivity contribution is -0.277. The van der Waals surface area contributed by atoms with E-state index in [9.17, 15) is 35.4 Å². The topological polar surface area (TPSA) is 157 Å². The van der Waals surface area contributed by atoms with Crippen molar-refractivity contribution in [2.75, 3.05) is 6.61 Å². The van der Waals surface area contributed by atoms with Crippen LogP contribution >= 0.6 is 0 Å². The fourth-order valence-electron chi connectivity index (χ4n) is 2.65. The third-order valence-corrected chi connectivity index (χ3v) is 4.46. The molecule has 0 spiro atoms. The molecular weight excluding hydrogens is 348 g/mol. The van der Waals surface area contributed by atoms with Gasteiger partial charge in [0.1, 0.15) is 47.2 Å². The standard InChI is InChI=1S/C17H24O9/c1-3-7(2)13(21)12-9(20)4-8(19)5-10(12)25-17-16(24)15(23)14(22)11(6-18)26-17/h4-5,7,11,14-20,22-24H,3,6H2,1-2H3/t7-,11+,14+,15+,16+,17-/m0/s1. The van der Waals surface area contributed by atoms with Crippen LogP contribution in [0.2, 0.25) is 0 Å². The van der Waals surface area contributed by atoms with Crippen molar-refractivity contribution < 1.29 is 44.9 Å². The van der Waals surface area contributed by atoms with E-state index in [1.165, 1.54) is 0 Å². The molecule has 6 atom stereocenters. The second-order valence-corrected chi connectivity index (χ2v) is 6.33. The summed E-state index contributed by atoms with van der Waals surface area (Å²) in [6, 6.07) is 2.05. The van der Waals surface area contributed by atoms with Crippen LogP contribution in [0.25, 0.3) is 0 Å². The molecule has 1 heterocycles. The number of aliphatic hydroxyl groups is 4. The largest absolute Gasteiger partial charge is 0.508 e. The van der Waals surface area contributed by atoms with Gasteiger partial charge in [0.2, 0.25) is 6.29 Å². The van der Waals surface area contributed by atoms with E-state index in [-0.39, 0.29) is 17.1 Å². The van der Waals surface area contributed by atoms with Crippen LogP contribution in [0.1, 0.15) is 30.6 Å². The van der Waals surface area contributed by atoms with Crippen LogP contribution in [-0.4, -0.2) is 73.7 Å². The van der Waals surface area contributed by atoms with Gasteiger partial charge in [-0.15, -0.1) is 0 Å². The summed E-state index contributed by atoms with van der Waals surface area (Å²) in [6.45, 7) is 2.80. The maximum Gasteiger partial charge on any atom is 0.229 e. The van der Waals surface area contributed by atoms with E-state index < -0.39 is 54.8 Å². The second-order valence-electron chi connectivity index (χ2n) is 6.33. The number of hydrogen-bond acceptors (Lipinski definition) is 9. The van der Waals surface area contributed by atoms with Crippen molar-refractivity contribution in [1.82, 2.24) is 0 Å². The van der Waals surface area contributed by atoms with E-state index in [4.69, 9.17) is 9.47 Å². The Labute approximate surface area is 150 Å². The Morgan fingerprint density at radius 3 is 2.42 bits per heavy atom. The number of phenols is 2. The van der Waals surface area contributed by atoms with Gasteiger partial charge in [-0.2, -0.15) is 0 Å². The molecule has 0 amide bonds. The van der Waals surface area contributed by atoms with Gasteiger partial charge in [-0.3, -0.25) is 4.79 Å². The molecule has 1 fully saturated rings. The number of phenolic OH excluding ortho intramolecular Hbond substituents is 2. The van der Waals surface area contributed by atoms with E-state index >= 15 is 0 Å². The summed E-state index contributed by atoms with van der Waals surface area (Å²) in [5, 5.41) is 58.7. The second kappa shape index (κ2) is 8.19. The van der Waals surface area contributed by atoms with Crippen LogP contribution in [0.3, 0.4) is 0 Å². The number of ketones is 1. The molecule has 0 bridgehead atoms. The normalized spacial score (nSPS) is 30.0. The van der Waals surface area contributed by atoms with E-state index in [0.717, 1.165) is 12.1 Å². The molecule has 0 radical (unpaired) electrons. The van der Waals surface area contributed by atoms with Crippen LogP contribution < -0.4 is 4.74 Å². The third kappa shape index (κ3) is 3.92. The Bertz CT molecular complexity index is 645. The number of aromatic hydroxyl groups is 2. The number of benzene rings is 1. The number of aliphatic hydroxyl groups excluding tert-OH is 4. The van der Waals surface area contributed by atoms with Crippen LogP contribution in [0.5, 0.6) is 17.2 Å². The van der Waals surface area contributed by atoms with Crippen molar-refractivity contribution in [3.05, 3.63) is 17.7 Å². The number of carbonyl (C=O) groups is 1. The average molecular weight is 372 g/mol. The summed E-state index contributed by atoms with van der Waals surface area (Å²) in [5.41, 5.74) is -0.200. The Morgan fingerprint density at radius 1 is 1.19 bits per heavy atom. The number of ether oxygens (including phenoxy) is 2. The molecule has 0 aromatic heterocycles. The molecule has 1 aliphatic rings. The van der Waals surface area contributed by atoms with Gasteiger partial charge in [-0.05, 0) is 6.42 Å². The summed E-state index contributed by atoms with van der Waals surface area (Å²) < 4.78 is 10.7. The van der Waals surface area contributed by atoms with E-state index in [1.54, 1.807) is 13.8 Å². The van der Waals surface area contributed by atoms with Crippen molar-refractivity contribution in [2.45, 2.75) is 51.0 Å². The highest BCUT2D eigenvalue weighted by Crippen LogP contribution is 2.37. The van der Waals surface area contributed by atoms with Gasteiger partial charge in [-0.25, -0.2) is 0 Å². The predicted molar refractivity (Wildman–Crippen MR) is 88.0 cm³/mol. The molecule has 1 aromatic rings. The fraction of sp³-hybridized carbons (Fsp3) is 0.588. The summed E-state index contributed by atoms with van der Waals surface area (Å²) in [6.07, 6.45) is -7.16. The Hall–Kier alpha value is -1.91. The fourth-order valence-corrected chi connectivity index (χ4v) is 2.65. The molecule has 26 heavy (non-hydrogen) atoms. The predicted octanol–water partition coefficient (Wildman–Crippen LogP) is -0.495. The lowest BCUT2D eigenvalue weighted by Gasteiger charge is -2.39. The van der Waals surface area contributed by atoms with E-state index in [0.29, 0.717) is 6.42 Å². The summed E-state index contributed by atoms with van der Waals surface area (Å²) >= 11 is 0. The lowest BCUT2D eigenvalue weighted by atomic mass is 9.95. The molecule has 1 aliphatic heterocycles. The van der Waals surface area contributed by atoms with E-state index in [2.05, 4.69) is 0 Å². The molecule has 2 rings (SSSR count). The molecular formula is C17H24O9. The van der Waals surface area contributed by atoms with Gasteiger partial charge < -0.3 is 40.1 Å². The monoisotopic (exact) mass is 372 g/mol. The number of rotatable bonds is 6. The van der Waals surface area contributed by atoms with Crippen LogP contribution in [0, 0.1) is 5.92 Å². The molecule has 1 aromatic carbocycles. The van der Waals surface area contributed by atoms with Crippen molar-refractivity contribution in [3.8, 4) is 17.2 Å². The SMILES string of the molecule is CC[C@H](C)C(=O)c1c(O)cc(O)cc1O[C@H]1O[C@H](CO)[C@@H](O)[C@@H](O)[C@H]1O. The van der Waals surface area contributed by atoms with Crippen LogP contribution in [-0.2, 0) is 4.74 Å². The Morgan fingerprint density at radius 2 is 1.85 bits per heavy atom. The van der Waals surface area contributed by atoms with Gasteiger partial charge in [0.25, 0.3) is 0 Å². The van der Waals surface area contributed by atoms with E-state index in [1.807, 2.05) is 0 Å². The maximum absolute atomic E-state index is 12.5. The van der Waals surface area contributed by atoms with Crippen molar-refractivity contribution >= 4 is 5.78 Å². The summed E-state index contributed by atoms with van der Waals surface area (Å²) in [4.78, 5) is 12.5. The molecule has 146 valence electrons. The molecule has 0 aliphatic carbocycles. The number of carbonyl (C=O) groups excluding carboxylic acids is 1. The molecule has 9 nitrogen and oxygen atoms in total. The zero-order valence-corrected chi connectivity index (χ0v) is 14.4. The average Bonchev–Trinajstić information content (AvgIpc) is 2.60. The van der Waals surface area contributed by atoms with Crippen LogP contribution in [0.15, 0.2) is 12.1 Å². The first-order valence-corrected chi connectivity index (χ1v) is 8.28. The third-order valence-electron chi connectivity index (χ3n) is 4.46. The van der Waals surface area contributed by atoms with Crippen LogP contribution in [0.4, 0.5) is 0 Å². The first kappa shape index (κ1) is 20.4. The van der Waals surface area contributed by atoms with Gasteiger partial charge in [-0.1, -0.05) is 13.8 Å². The molecule has 6 N–H and O–H groups in total.